The van der Waals surface area contributed by atoms with E-state index in [1.807, 2.05) is 0 Å². The highest BCUT2D eigenvalue weighted by Crippen LogP contribution is 2.39. The topological polar surface area (TPSA) is 0 Å². The van der Waals surface area contributed by atoms with E-state index in [0.29, 0.717) is 0 Å². The number of hydrogen-bond donors (Lipinski definition) is 0. The van der Waals surface area contributed by atoms with Gasteiger partial charge in [0.2, 0.25) is 0 Å². The fraction of sp³-hybridized carbons (Fsp3) is 0. The van der Waals surface area contributed by atoms with Crippen LogP contribution in [0.25, 0.3) is 123 Å². The van der Waals surface area contributed by atoms with E-state index in [2.05, 4.69) is 218 Å². The molecule has 0 heterocycles. The smallest absolute Gasteiger partial charge is 0.00208 e. The largest absolute Gasteiger partial charge is 0.0610 e. The normalized spacial score (nSPS) is 12.6. The molecule has 0 N–H and O–H groups in total. The maximum atomic E-state index is 2.33. The SMILES string of the molecule is C(=C\c1ccc2cc(/C=C/c3cc4cccc5ccc6cccc3c6c54)ccc2c1)/c1ccc2cc(/C=C/c3cc4cccc5ccc6cccc3c6c54)ccc2c1. The van der Waals surface area contributed by atoms with Gasteiger partial charge in [0.1, 0.15) is 0 Å². The molecule has 0 aliphatic heterocycles. The van der Waals surface area contributed by atoms with Crippen molar-refractivity contribution in [3.8, 4) is 0 Å². The van der Waals surface area contributed by atoms with Gasteiger partial charge in [-0.25, -0.2) is 0 Å². The molecular weight excluding hydrogens is 697 g/mol. The molecule has 0 heteroatoms. The van der Waals surface area contributed by atoms with Gasteiger partial charge in [0.05, 0.1) is 0 Å². The molecule has 0 fully saturated rings. The molecule has 12 aromatic rings. The maximum absolute atomic E-state index is 2.33. The lowest BCUT2D eigenvalue weighted by molar-refractivity contribution is 1.67. The molecule has 0 unspecified atom stereocenters. The summed E-state index contributed by atoms with van der Waals surface area (Å²) in [5.74, 6) is 0. The predicted octanol–water partition coefficient (Wildman–Crippen LogP) is 16.3. The van der Waals surface area contributed by atoms with Crippen LogP contribution in [0, 0.1) is 0 Å². The van der Waals surface area contributed by atoms with Crippen molar-refractivity contribution in [3.63, 3.8) is 0 Å². The second kappa shape index (κ2) is 13.0. The summed E-state index contributed by atoms with van der Waals surface area (Å²) in [4.78, 5) is 0. The van der Waals surface area contributed by atoms with Crippen molar-refractivity contribution < 1.29 is 0 Å². The summed E-state index contributed by atoms with van der Waals surface area (Å²) in [5, 5.41) is 20.8. The fourth-order valence-corrected chi connectivity index (χ4v) is 9.40. The average Bonchev–Trinajstić information content (AvgIpc) is 3.28. The van der Waals surface area contributed by atoms with Gasteiger partial charge in [0.25, 0.3) is 0 Å². The molecule has 0 atom stereocenters. The second-order valence-corrected chi connectivity index (χ2v) is 15.8. The van der Waals surface area contributed by atoms with Crippen LogP contribution in [0.4, 0.5) is 0 Å². The van der Waals surface area contributed by atoms with Crippen LogP contribution in [-0.2, 0) is 0 Å². The molecule has 0 aliphatic rings. The minimum Gasteiger partial charge on any atom is -0.0610 e. The molecule has 268 valence electrons. The molecular formula is C58H36. The van der Waals surface area contributed by atoms with Gasteiger partial charge in [-0.05, 0) is 156 Å². The summed E-state index contributed by atoms with van der Waals surface area (Å²) in [6, 6.07) is 67.1. The molecule has 12 rings (SSSR count). The van der Waals surface area contributed by atoms with Gasteiger partial charge in [-0.2, -0.15) is 0 Å². The lowest BCUT2D eigenvalue weighted by atomic mass is 9.91. The molecule has 0 radical (unpaired) electrons. The zero-order valence-electron chi connectivity index (χ0n) is 31.8. The molecule has 0 bridgehead atoms. The summed E-state index contributed by atoms with van der Waals surface area (Å²) in [6.07, 6.45) is 13.5. The van der Waals surface area contributed by atoms with Gasteiger partial charge in [0.15, 0.2) is 0 Å². The molecule has 0 saturated heterocycles. The van der Waals surface area contributed by atoms with E-state index < -0.39 is 0 Å². The number of hydrogen-bond acceptors (Lipinski definition) is 0. The minimum absolute atomic E-state index is 1.19. The Labute approximate surface area is 336 Å². The highest BCUT2D eigenvalue weighted by molar-refractivity contribution is 6.26. The van der Waals surface area contributed by atoms with E-state index in [4.69, 9.17) is 0 Å². The van der Waals surface area contributed by atoms with Gasteiger partial charge in [0, 0.05) is 0 Å². The second-order valence-electron chi connectivity index (χ2n) is 15.8. The van der Waals surface area contributed by atoms with Crippen molar-refractivity contribution in [1.29, 1.82) is 0 Å². The van der Waals surface area contributed by atoms with Crippen molar-refractivity contribution in [2.24, 2.45) is 0 Å². The number of rotatable bonds is 6. The Balaban J connectivity index is 0.784. The molecule has 0 spiro atoms. The van der Waals surface area contributed by atoms with E-state index in [0.717, 1.165) is 0 Å². The van der Waals surface area contributed by atoms with Crippen LogP contribution in [0.1, 0.15) is 33.4 Å². The first-order chi connectivity index (χ1) is 28.7. The van der Waals surface area contributed by atoms with Crippen LogP contribution >= 0.6 is 0 Å². The van der Waals surface area contributed by atoms with Gasteiger partial charge >= 0.3 is 0 Å². The van der Waals surface area contributed by atoms with Gasteiger partial charge in [-0.15, -0.1) is 0 Å². The fourth-order valence-electron chi connectivity index (χ4n) is 9.40. The van der Waals surface area contributed by atoms with Crippen LogP contribution in [0.15, 0.2) is 182 Å². The summed E-state index contributed by atoms with van der Waals surface area (Å²) in [6.45, 7) is 0. The predicted molar refractivity (Wildman–Crippen MR) is 255 cm³/mol. The van der Waals surface area contributed by atoms with E-state index in [1.54, 1.807) is 0 Å². The summed E-state index contributed by atoms with van der Waals surface area (Å²) in [5.41, 5.74) is 7.28. The van der Waals surface area contributed by atoms with E-state index in [-0.39, 0.29) is 0 Å². The Hall–Kier alpha value is -7.54. The Kier molecular flexibility index (Phi) is 7.33. The van der Waals surface area contributed by atoms with E-state index in [9.17, 15) is 0 Å². The first-order valence-electron chi connectivity index (χ1n) is 20.1. The monoisotopic (exact) mass is 732 g/mol. The Bertz CT molecular complexity index is 3420. The zero-order valence-corrected chi connectivity index (χ0v) is 31.8. The average molecular weight is 733 g/mol. The summed E-state index contributed by atoms with van der Waals surface area (Å²) < 4.78 is 0. The molecule has 58 heavy (non-hydrogen) atoms. The van der Waals surface area contributed by atoms with Crippen LogP contribution < -0.4 is 0 Å². The third-order valence-corrected chi connectivity index (χ3v) is 12.2. The van der Waals surface area contributed by atoms with Crippen LogP contribution in [0.2, 0.25) is 0 Å². The van der Waals surface area contributed by atoms with E-state index in [1.165, 1.54) is 120 Å². The molecule has 0 nitrogen and oxygen atoms in total. The maximum Gasteiger partial charge on any atom is -0.00208 e. The molecule has 0 saturated carbocycles. The van der Waals surface area contributed by atoms with Crippen molar-refractivity contribution >= 4 is 123 Å². The lowest BCUT2D eigenvalue weighted by Gasteiger charge is -2.13. The number of benzene rings is 12. The minimum atomic E-state index is 1.19. The Morgan fingerprint density at radius 3 is 0.879 bits per heavy atom. The van der Waals surface area contributed by atoms with Crippen molar-refractivity contribution in [2.45, 2.75) is 0 Å². The van der Waals surface area contributed by atoms with Gasteiger partial charge < -0.3 is 0 Å². The van der Waals surface area contributed by atoms with Crippen molar-refractivity contribution in [1.82, 2.24) is 0 Å². The van der Waals surface area contributed by atoms with Crippen LogP contribution in [0.5, 0.6) is 0 Å². The van der Waals surface area contributed by atoms with Crippen LogP contribution in [-0.4, -0.2) is 0 Å². The highest BCUT2D eigenvalue weighted by atomic mass is 14.2. The van der Waals surface area contributed by atoms with Gasteiger partial charge in [-0.1, -0.05) is 182 Å². The first-order valence-corrected chi connectivity index (χ1v) is 20.1. The summed E-state index contributed by atoms with van der Waals surface area (Å²) >= 11 is 0. The van der Waals surface area contributed by atoms with E-state index >= 15 is 0 Å². The third-order valence-electron chi connectivity index (χ3n) is 12.2. The lowest BCUT2D eigenvalue weighted by Crippen LogP contribution is -1.86. The Morgan fingerprint density at radius 2 is 0.500 bits per heavy atom. The molecule has 0 aliphatic carbocycles. The first kappa shape index (κ1) is 32.7. The highest BCUT2D eigenvalue weighted by Gasteiger charge is 2.12. The standard InChI is InChI=1S/C58H36/c1-5-41-27-29-43-7-3-11-53-49(35-51(9-1)55(41)57(43)53)25-19-39-17-23-45-31-37(15-21-47(45)33-39)13-14-38-16-22-48-34-40(18-24-46(48)32-38)20-26-50-36-52-10-2-6-42-28-30-44-8-4-12-54(50)58(44)56(42)52/h1-36H/b14-13+,25-19+,26-20+. The van der Waals surface area contributed by atoms with Gasteiger partial charge in [-0.3, -0.25) is 0 Å². The third kappa shape index (κ3) is 5.45. The summed E-state index contributed by atoms with van der Waals surface area (Å²) in [7, 11) is 0. The molecule has 0 aromatic heterocycles. The zero-order chi connectivity index (χ0) is 38.2. The molecule has 0 amide bonds. The van der Waals surface area contributed by atoms with Crippen LogP contribution in [0.3, 0.4) is 0 Å². The molecule has 12 aromatic carbocycles. The quantitative estimate of drug-likeness (QED) is 0.118. The Morgan fingerprint density at radius 1 is 0.207 bits per heavy atom. The van der Waals surface area contributed by atoms with Crippen molar-refractivity contribution in [3.05, 3.63) is 215 Å². The van der Waals surface area contributed by atoms with Crippen molar-refractivity contribution in [2.75, 3.05) is 0 Å². The number of fused-ring (bicyclic) bond motifs is 2.